The first-order valence-corrected chi connectivity index (χ1v) is 24.1. The van der Waals surface area contributed by atoms with E-state index < -0.39 is 0 Å². The monoisotopic (exact) mass is 892 g/mol. The second kappa shape index (κ2) is 16.0. The van der Waals surface area contributed by atoms with Crippen molar-refractivity contribution in [1.82, 2.24) is 0 Å². The molecule has 1 unspecified atom stereocenters. The van der Waals surface area contributed by atoms with E-state index in [2.05, 4.69) is 243 Å². The molecular formula is C67H44N2O. The highest BCUT2D eigenvalue weighted by Crippen LogP contribution is 2.50. The van der Waals surface area contributed by atoms with E-state index in [1.807, 2.05) is 12.1 Å². The lowest BCUT2D eigenvalue weighted by Gasteiger charge is -2.34. The molecule has 0 saturated heterocycles. The fourth-order valence-electron chi connectivity index (χ4n) is 11.1. The summed E-state index contributed by atoms with van der Waals surface area (Å²) in [4.78, 5) is 7.81. The SMILES string of the molecule is CN1c2c(c3ccc(-c4ccc5ccccc5c4)cc3c3cc(-c4ccc5ccccc5c4)ccc23)N=CC1c1cccc(-c2cccc(-c3ccc(-c4cccc5c4oc4ccccc45)cc3)c2)c1. The van der Waals surface area contributed by atoms with Crippen LogP contribution < -0.4 is 4.90 Å². The molecule has 12 aromatic carbocycles. The predicted molar refractivity (Wildman–Crippen MR) is 297 cm³/mol. The summed E-state index contributed by atoms with van der Waals surface area (Å²) in [5, 5.41) is 12.0. The van der Waals surface area contributed by atoms with Crippen LogP contribution in [0, 0.1) is 0 Å². The molecule has 0 amide bonds. The third-order valence-corrected chi connectivity index (χ3v) is 14.7. The van der Waals surface area contributed by atoms with Crippen LogP contribution in [0.3, 0.4) is 0 Å². The molecule has 3 heteroatoms. The Morgan fingerprint density at radius 3 is 1.60 bits per heavy atom. The summed E-state index contributed by atoms with van der Waals surface area (Å²) in [5.41, 5.74) is 16.9. The van der Waals surface area contributed by atoms with Crippen molar-refractivity contribution >= 4 is 82.6 Å². The average molecular weight is 893 g/mol. The highest BCUT2D eigenvalue weighted by atomic mass is 16.3. The smallest absolute Gasteiger partial charge is 0.143 e. The number of anilines is 1. The van der Waals surface area contributed by atoms with E-state index >= 15 is 0 Å². The first-order chi connectivity index (χ1) is 34.6. The first kappa shape index (κ1) is 40.1. The molecule has 1 atom stereocenters. The van der Waals surface area contributed by atoms with Crippen molar-refractivity contribution in [2.75, 3.05) is 11.9 Å². The molecule has 0 fully saturated rings. The Balaban J connectivity index is 0.827. The Morgan fingerprint density at radius 2 is 0.871 bits per heavy atom. The van der Waals surface area contributed by atoms with Crippen molar-refractivity contribution in [2.45, 2.75) is 6.04 Å². The summed E-state index contributed by atoms with van der Waals surface area (Å²) in [6.45, 7) is 0. The van der Waals surface area contributed by atoms with Gasteiger partial charge in [-0.05, 0) is 130 Å². The number of fused-ring (bicyclic) bond motifs is 11. The van der Waals surface area contributed by atoms with Gasteiger partial charge in [-0.15, -0.1) is 0 Å². The molecule has 3 nitrogen and oxygen atoms in total. The van der Waals surface area contributed by atoms with Gasteiger partial charge in [0.15, 0.2) is 0 Å². The van der Waals surface area contributed by atoms with Gasteiger partial charge in [-0.3, -0.25) is 4.99 Å². The summed E-state index contributed by atoms with van der Waals surface area (Å²) in [7, 11) is 2.23. The van der Waals surface area contributed by atoms with Crippen molar-refractivity contribution in [3.8, 4) is 55.6 Å². The average Bonchev–Trinajstić information content (AvgIpc) is 3.82. The molecule has 2 heterocycles. The maximum absolute atomic E-state index is 6.38. The van der Waals surface area contributed by atoms with Gasteiger partial charge in [0.2, 0.25) is 0 Å². The van der Waals surface area contributed by atoms with Gasteiger partial charge in [0.05, 0.1) is 17.4 Å². The minimum absolute atomic E-state index is 0.0722. The Morgan fingerprint density at radius 1 is 0.357 bits per heavy atom. The zero-order chi connectivity index (χ0) is 46.3. The molecule has 328 valence electrons. The lowest BCUT2D eigenvalue weighted by molar-refractivity contribution is 0.670. The molecular weight excluding hydrogens is 849 g/mol. The fraction of sp³-hybridized carbons (Fsp3) is 0.0299. The topological polar surface area (TPSA) is 28.7 Å². The molecule has 0 saturated carbocycles. The summed E-state index contributed by atoms with van der Waals surface area (Å²) in [5.74, 6) is 0. The van der Waals surface area contributed by atoms with Gasteiger partial charge in [-0.25, -0.2) is 0 Å². The van der Waals surface area contributed by atoms with Crippen molar-refractivity contribution in [2.24, 2.45) is 4.99 Å². The van der Waals surface area contributed by atoms with Gasteiger partial charge in [-0.2, -0.15) is 0 Å². The van der Waals surface area contributed by atoms with Crippen LogP contribution in [0.15, 0.2) is 246 Å². The lowest BCUT2D eigenvalue weighted by atomic mass is 9.90. The summed E-state index contributed by atoms with van der Waals surface area (Å²) in [6.07, 6.45) is 2.14. The number of aliphatic imine (C=N–C) groups is 1. The third kappa shape index (κ3) is 6.62. The highest BCUT2D eigenvalue weighted by molar-refractivity contribution is 6.22. The van der Waals surface area contributed by atoms with E-state index in [1.165, 1.54) is 87.8 Å². The molecule has 70 heavy (non-hydrogen) atoms. The number of para-hydroxylation sites is 2. The van der Waals surface area contributed by atoms with Gasteiger partial charge in [-0.1, -0.05) is 194 Å². The summed E-state index contributed by atoms with van der Waals surface area (Å²) >= 11 is 0. The van der Waals surface area contributed by atoms with Crippen LogP contribution >= 0.6 is 0 Å². The van der Waals surface area contributed by atoms with Crippen LogP contribution in [0.4, 0.5) is 11.4 Å². The van der Waals surface area contributed by atoms with Crippen LogP contribution in [0.25, 0.3) is 121 Å². The van der Waals surface area contributed by atoms with Gasteiger partial charge >= 0.3 is 0 Å². The van der Waals surface area contributed by atoms with Crippen molar-refractivity contribution < 1.29 is 4.42 Å². The van der Waals surface area contributed by atoms with E-state index in [1.54, 1.807) is 0 Å². The Kier molecular flexibility index (Phi) is 9.18. The molecule has 0 radical (unpaired) electrons. The van der Waals surface area contributed by atoms with E-state index in [-0.39, 0.29) is 6.04 Å². The van der Waals surface area contributed by atoms with Crippen molar-refractivity contribution in [3.63, 3.8) is 0 Å². The number of hydrogen-bond donors (Lipinski definition) is 0. The molecule has 1 aliphatic rings. The first-order valence-electron chi connectivity index (χ1n) is 24.1. The normalized spacial score (nSPS) is 13.6. The fourth-order valence-corrected chi connectivity index (χ4v) is 11.1. The van der Waals surface area contributed by atoms with Gasteiger partial charge in [0.25, 0.3) is 0 Å². The van der Waals surface area contributed by atoms with Crippen LogP contribution in [0.2, 0.25) is 0 Å². The molecule has 1 aromatic heterocycles. The number of benzene rings is 12. The van der Waals surface area contributed by atoms with Crippen LogP contribution in [-0.4, -0.2) is 13.3 Å². The van der Waals surface area contributed by atoms with Crippen LogP contribution in [-0.2, 0) is 0 Å². The van der Waals surface area contributed by atoms with Crippen molar-refractivity contribution in [3.05, 3.63) is 242 Å². The highest BCUT2D eigenvalue weighted by Gasteiger charge is 2.27. The quantitative estimate of drug-likeness (QED) is 0.156. The van der Waals surface area contributed by atoms with E-state index in [9.17, 15) is 0 Å². The molecule has 14 rings (SSSR count). The maximum Gasteiger partial charge on any atom is 0.143 e. The van der Waals surface area contributed by atoms with E-state index in [0.717, 1.165) is 49.8 Å². The minimum Gasteiger partial charge on any atom is -0.455 e. The molecule has 0 N–H and O–H groups in total. The van der Waals surface area contributed by atoms with Crippen LogP contribution in [0.1, 0.15) is 11.6 Å². The summed E-state index contributed by atoms with van der Waals surface area (Å²) in [6, 6.07) is 86.1. The summed E-state index contributed by atoms with van der Waals surface area (Å²) < 4.78 is 6.38. The second-order valence-corrected chi connectivity index (χ2v) is 18.7. The Labute approximate surface area is 405 Å². The number of furan rings is 1. The molecule has 0 bridgehead atoms. The zero-order valence-corrected chi connectivity index (χ0v) is 38.5. The Hall–Kier alpha value is -9.05. The number of nitrogens with zero attached hydrogens (tertiary/aromatic N) is 2. The molecule has 1 aliphatic heterocycles. The minimum atomic E-state index is -0.0722. The predicted octanol–water partition coefficient (Wildman–Crippen LogP) is 18.4. The van der Waals surface area contributed by atoms with Gasteiger partial charge in [0.1, 0.15) is 11.2 Å². The third-order valence-electron chi connectivity index (χ3n) is 14.7. The number of rotatable bonds is 6. The molecule has 0 aliphatic carbocycles. The zero-order valence-electron chi connectivity index (χ0n) is 38.5. The molecule has 0 spiro atoms. The molecule has 13 aromatic rings. The van der Waals surface area contributed by atoms with Gasteiger partial charge in [0, 0.05) is 40.4 Å². The maximum atomic E-state index is 6.38. The largest absolute Gasteiger partial charge is 0.455 e. The van der Waals surface area contributed by atoms with E-state index in [4.69, 9.17) is 9.41 Å². The Bertz CT molecular complexity index is 4270. The van der Waals surface area contributed by atoms with Gasteiger partial charge < -0.3 is 9.32 Å². The number of hydrogen-bond acceptors (Lipinski definition) is 3. The standard InChI is InChI=1S/C67H44N2O/c1-69-63(55-18-9-17-50(38-55)49-16-8-15-48(35-49)44-23-27-45(28-24-44)56-20-10-21-60-57-19-6-7-22-64(57)70-67(56)60)41-68-65-58-33-31-53(51-29-25-42-11-2-4-13-46(42)36-51)39-61(58)62-40-54(32-34-59(62)66(65)69)52-30-26-43-12-3-5-14-47(43)37-52/h2-41,63H,1H3. The lowest BCUT2D eigenvalue weighted by Crippen LogP contribution is -2.28. The second-order valence-electron chi connectivity index (χ2n) is 18.7. The van der Waals surface area contributed by atoms with E-state index in [0.29, 0.717) is 0 Å². The van der Waals surface area contributed by atoms with Crippen LogP contribution in [0.5, 0.6) is 0 Å². The van der Waals surface area contributed by atoms with Crippen molar-refractivity contribution in [1.29, 1.82) is 0 Å².